The Bertz CT molecular complexity index is 1110. The van der Waals surface area contributed by atoms with Crippen LogP contribution in [0.25, 0.3) is 10.9 Å². The van der Waals surface area contributed by atoms with Crippen LogP contribution in [-0.2, 0) is 11.3 Å². The molecule has 0 radical (unpaired) electrons. The lowest BCUT2D eigenvalue weighted by Crippen LogP contribution is -2.41. The molecule has 0 unspecified atom stereocenters. The fourth-order valence-electron chi connectivity index (χ4n) is 4.74. The second-order valence-electron chi connectivity index (χ2n) is 8.83. The first-order valence-corrected chi connectivity index (χ1v) is 11.7. The molecule has 2 aromatic rings. The van der Waals surface area contributed by atoms with E-state index in [-0.39, 0.29) is 23.4 Å². The number of carbonyl (C=O) groups is 2. The van der Waals surface area contributed by atoms with Gasteiger partial charge in [0.25, 0.3) is 11.5 Å². The molecule has 31 heavy (non-hydrogen) atoms. The molecule has 4 rings (SSSR count). The van der Waals surface area contributed by atoms with Crippen molar-refractivity contribution >= 4 is 34.9 Å². The van der Waals surface area contributed by atoms with Crippen LogP contribution in [0.15, 0.2) is 23.0 Å². The average Bonchev–Trinajstić information content (AvgIpc) is 3.16. The molecule has 1 aromatic heterocycles. The third kappa shape index (κ3) is 4.74. The minimum Gasteiger partial charge on any atom is -0.349 e. The number of rotatable bonds is 6. The number of H-pyrrole nitrogens is 1. The summed E-state index contributed by atoms with van der Waals surface area (Å²) in [6, 6.07) is 5.31. The van der Waals surface area contributed by atoms with E-state index in [1.165, 1.54) is 6.42 Å². The van der Waals surface area contributed by atoms with Crippen molar-refractivity contribution < 1.29 is 9.59 Å². The fourth-order valence-corrected chi connectivity index (χ4v) is 5.03. The van der Waals surface area contributed by atoms with Crippen molar-refractivity contribution in [2.75, 3.05) is 13.1 Å². The Morgan fingerprint density at radius 2 is 2.00 bits per heavy atom. The minimum atomic E-state index is -0.167. The summed E-state index contributed by atoms with van der Waals surface area (Å²) in [5.74, 6) is 0.552. The van der Waals surface area contributed by atoms with Gasteiger partial charge < -0.3 is 15.2 Å². The van der Waals surface area contributed by atoms with Gasteiger partial charge in [-0.25, -0.2) is 0 Å². The molecule has 166 valence electrons. The second kappa shape index (κ2) is 9.34. The highest BCUT2D eigenvalue weighted by Crippen LogP contribution is 2.24. The fraction of sp³-hybridized carbons (Fsp3) is 0.565. The maximum absolute atomic E-state index is 13.0. The summed E-state index contributed by atoms with van der Waals surface area (Å²) in [6.07, 6.45) is 6.72. The Balaban J connectivity index is 1.49. The molecule has 2 aliphatic rings. The number of hydrogen-bond acceptors (Lipinski definition) is 4. The van der Waals surface area contributed by atoms with E-state index in [0.29, 0.717) is 53.1 Å². The van der Waals surface area contributed by atoms with E-state index in [1.807, 2.05) is 4.90 Å². The van der Waals surface area contributed by atoms with Crippen LogP contribution in [0.4, 0.5) is 0 Å². The molecule has 1 aliphatic heterocycles. The third-order valence-corrected chi connectivity index (χ3v) is 6.98. The van der Waals surface area contributed by atoms with Crippen LogP contribution in [0.2, 0.25) is 0 Å². The summed E-state index contributed by atoms with van der Waals surface area (Å²) in [4.78, 5) is 42.5. The van der Waals surface area contributed by atoms with Crippen LogP contribution in [0.1, 0.15) is 62.2 Å². The number of likely N-dealkylation sites (tertiary alicyclic amines) is 1. The Hall–Kier alpha value is -2.48. The number of fused-ring (bicyclic) bond motifs is 1. The topological polar surface area (TPSA) is 87.2 Å². The molecule has 0 spiro atoms. The molecule has 7 nitrogen and oxygen atoms in total. The van der Waals surface area contributed by atoms with Crippen molar-refractivity contribution in [3.8, 4) is 0 Å². The minimum absolute atomic E-state index is 0.112. The second-order valence-corrected chi connectivity index (χ2v) is 9.21. The lowest BCUT2D eigenvalue weighted by atomic mass is 9.86. The Kier molecular flexibility index (Phi) is 6.55. The molecule has 2 atom stereocenters. The first kappa shape index (κ1) is 21.7. The molecule has 1 saturated heterocycles. The van der Waals surface area contributed by atoms with E-state index in [4.69, 9.17) is 12.2 Å². The number of aromatic nitrogens is 2. The van der Waals surface area contributed by atoms with Crippen LogP contribution in [0.3, 0.4) is 0 Å². The zero-order valence-electron chi connectivity index (χ0n) is 18.0. The lowest BCUT2D eigenvalue weighted by molar-refractivity contribution is -0.127. The van der Waals surface area contributed by atoms with Crippen molar-refractivity contribution in [2.24, 2.45) is 5.92 Å². The number of nitrogens with zero attached hydrogens (tertiary/aromatic N) is 2. The third-order valence-electron chi connectivity index (χ3n) is 6.65. The van der Waals surface area contributed by atoms with Crippen molar-refractivity contribution in [1.82, 2.24) is 19.8 Å². The van der Waals surface area contributed by atoms with Crippen molar-refractivity contribution in [2.45, 2.75) is 64.5 Å². The highest BCUT2D eigenvalue weighted by molar-refractivity contribution is 7.71. The van der Waals surface area contributed by atoms with Crippen molar-refractivity contribution in [3.63, 3.8) is 0 Å². The Morgan fingerprint density at radius 3 is 2.74 bits per heavy atom. The van der Waals surface area contributed by atoms with Crippen LogP contribution >= 0.6 is 12.2 Å². The van der Waals surface area contributed by atoms with E-state index in [9.17, 15) is 14.4 Å². The molecule has 0 bridgehead atoms. The van der Waals surface area contributed by atoms with Crippen LogP contribution < -0.4 is 10.9 Å². The number of nitrogens with one attached hydrogen (secondary N) is 2. The Morgan fingerprint density at radius 1 is 1.19 bits per heavy atom. The maximum Gasteiger partial charge on any atom is 0.262 e. The van der Waals surface area contributed by atoms with E-state index in [1.54, 1.807) is 22.8 Å². The van der Waals surface area contributed by atoms with E-state index >= 15 is 0 Å². The lowest BCUT2D eigenvalue weighted by Gasteiger charge is -2.29. The standard InChI is InChI=1S/C23H30N4O3S/c1-15-6-2-3-7-18(15)24-21(29)16-9-10-17-19(14-16)25-23(31)27(22(17)30)13-5-12-26-11-4-8-20(26)28/h9-10,14-15,18H,2-8,11-13H2,1H3,(H,24,29)(H,25,31)/t15-,18+/m1/s1. The van der Waals surface area contributed by atoms with Gasteiger partial charge in [0.2, 0.25) is 5.91 Å². The molecular formula is C23H30N4O3S. The molecular weight excluding hydrogens is 412 g/mol. The van der Waals surface area contributed by atoms with Crippen LogP contribution in [0.5, 0.6) is 0 Å². The first-order valence-electron chi connectivity index (χ1n) is 11.3. The van der Waals surface area contributed by atoms with Gasteiger partial charge in [0.15, 0.2) is 4.77 Å². The normalized spacial score (nSPS) is 21.6. The van der Waals surface area contributed by atoms with Gasteiger partial charge in [-0.3, -0.25) is 19.0 Å². The summed E-state index contributed by atoms with van der Waals surface area (Å²) >= 11 is 5.42. The van der Waals surface area contributed by atoms with E-state index in [0.717, 1.165) is 32.2 Å². The predicted molar refractivity (Wildman–Crippen MR) is 123 cm³/mol. The quantitative estimate of drug-likeness (QED) is 0.672. The van der Waals surface area contributed by atoms with Gasteiger partial charge in [0.1, 0.15) is 0 Å². The molecule has 8 heteroatoms. The summed E-state index contributed by atoms with van der Waals surface area (Å²) < 4.78 is 1.88. The number of amides is 2. The van der Waals surface area contributed by atoms with Gasteiger partial charge in [-0.2, -0.15) is 0 Å². The van der Waals surface area contributed by atoms with Gasteiger partial charge in [-0.1, -0.05) is 19.8 Å². The molecule has 2 fully saturated rings. The SMILES string of the molecule is C[C@@H]1CCCC[C@@H]1NC(=O)c1ccc2c(=O)n(CCCN3CCCC3=O)c(=S)[nH]c2c1. The number of hydrogen-bond donors (Lipinski definition) is 2. The zero-order chi connectivity index (χ0) is 22.0. The average molecular weight is 443 g/mol. The van der Waals surface area contributed by atoms with Crippen LogP contribution in [-0.4, -0.2) is 45.4 Å². The molecule has 2 amide bonds. The highest BCUT2D eigenvalue weighted by atomic mass is 32.1. The molecule has 1 aliphatic carbocycles. The van der Waals surface area contributed by atoms with Crippen LogP contribution in [0, 0.1) is 10.7 Å². The molecule has 2 N–H and O–H groups in total. The van der Waals surface area contributed by atoms with Crippen molar-refractivity contribution in [3.05, 3.63) is 38.9 Å². The van der Waals surface area contributed by atoms with Gasteiger partial charge in [-0.05, 0) is 62.0 Å². The maximum atomic E-state index is 13.0. The number of benzene rings is 1. The highest BCUT2D eigenvalue weighted by Gasteiger charge is 2.23. The first-order chi connectivity index (χ1) is 14.9. The predicted octanol–water partition coefficient (Wildman–Crippen LogP) is 3.38. The van der Waals surface area contributed by atoms with E-state index < -0.39 is 0 Å². The van der Waals surface area contributed by atoms with Crippen molar-refractivity contribution in [1.29, 1.82) is 0 Å². The number of carbonyl (C=O) groups excluding carboxylic acids is 2. The summed E-state index contributed by atoms with van der Waals surface area (Å²) in [6.45, 7) is 4.07. The van der Waals surface area contributed by atoms with Gasteiger partial charge in [0.05, 0.1) is 10.9 Å². The van der Waals surface area contributed by atoms with Gasteiger partial charge in [0, 0.05) is 37.7 Å². The monoisotopic (exact) mass is 442 g/mol. The largest absolute Gasteiger partial charge is 0.349 e. The molecule has 1 saturated carbocycles. The molecule has 1 aromatic carbocycles. The Labute approximate surface area is 186 Å². The number of aromatic amines is 1. The summed E-state index contributed by atoms with van der Waals surface area (Å²) in [7, 11) is 0. The zero-order valence-corrected chi connectivity index (χ0v) is 18.8. The molecule has 2 heterocycles. The summed E-state index contributed by atoms with van der Waals surface area (Å²) in [5, 5.41) is 3.66. The smallest absolute Gasteiger partial charge is 0.262 e. The van der Waals surface area contributed by atoms with Gasteiger partial charge in [-0.15, -0.1) is 0 Å². The van der Waals surface area contributed by atoms with Gasteiger partial charge >= 0.3 is 0 Å². The summed E-state index contributed by atoms with van der Waals surface area (Å²) in [5.41, 5.74) is 0.935. The van der Waals surface area contributed by atoms with E-state index in [2.05, 4.69) is 17.2 Å².